The molecule has 1 heterocycles. The summed E-state index contributed by atoms with van der Waals surface area (Å²) in [5.41, 5.74) is -0.319. The zero-order chi connectivity index (χ0) is 15.9. The minimum Gasteiger partial charge on any atom is -0.395 e. The largest absolute Gasteiger partial charge is 0.395 e. The molecule has 0 fully saturated rings. The third kappa shape index (κ3) is 6.93. The summed E-state index contributed by atoms with van der Waals surface area (Å²) in [5.74, 6) is 5.14. The first-order chi connectivity index (χ1) is 9.81. The molecule has 5 nitrogen and oxygen atoms in total. The summed E-state index contributed by atoms with van der Waals surface area (Å²) in [7, 11) is 0. The third-order valence-corrected chi connectivity index (χ3v) is 3.20. The van der Waals surface area contributed by atoms with Crippen molar-refractivity contribution >= 4 is 23.2 Å². The second-order valence-corrected chi connectivity index (χ2v) is 6.50. The van der Waals surface area contributed by atoms with Crippen LogP contribution >= 0.6 is 11.3 Å². The van der Waals surface area contributed by atoms with E-state index in [1.165, 1.54) is 11.3 Å². The number of nitrogens with one attached hydrogen (secondary N) is 2. The van der Waals surface area contributed by atoms with E-state index in [1.54, 1.807) is 12.1 Å². The van der Waals surface area contributed by atoms with Crippen LogP contribution in [-0.2, 0) is 4.79 Å². The van der Waals surface area contributed by atoms with Crippen molar-refractivity contribution < 1.29 is 14.7 Å². The van der Waals surface area contributed by atoms with Gasteiger partial charge in [-0.25, -0.2) is 0 Å². The van der Waals surface area contributed by atoms with Crippen LogP contribution in [0.2, 0.25) is 0 Å². The maximum Gasteiger partial charge on any atom is 0.261 e. The highest BCUT2D eigenvalue weighted by molar-refractivity contribution is 7.14. The van der Waals surface area contributed by atoms with Gasteiger partial charge in [0.1, 0.15) is 0 Å². The van der Waals surface area contributed by atoms with Crippen molar-refractivity contribution in [3.63, 3.8) is 0 Å². The third-order valence-electron chi connectivity index (χ3n) is 2.20. The summed E-state index contributed by atoms with van der Waals surface area (Å²) in [6, 6.07) is 3.42. The molecule has 0 aliphatic rings. The van der Waals surface area contributed by atoms with E-state index in [0.717, 1.165) is 4.88 Å². The Labute approximate surface area is 128 Å². The highest BCUT2D eigenvalue weighted by atomic mass is 32.1. The Morgan fingerprint density at radius 2 is 2.05 bits per heavy atom. The van der Waals surface area contributed by atoms with Gasteiger partial charge in [0.25, 0.3) is 5.91 Å². The summed E-state index contributed by atoms with van der Waals surface area (Å²) in [6.45, 7) is 5.60. The van der Waals surface area contributed by atoms with Gasteiger partial charge < -0.3 is 15.7 Å². The Kier molecular flexibility index (Phi) is 6.40. The average Bonchev–Trinajstić information content (AvgIpc) is 2.83. The monoisotopic (exact) mass is 308 g/mol. The van der Waals surface area contributed by atoms with Crippen molar-refractivity contribution in [1.82, 2.24) is 10.6 Å². The van der Waals surface area contributed by atoms with Gasteiger partial charge in [0.2, 0.25) is 5.91 Å². The Hall–Kier alpha value is -1.84. The maximum absolute atomic E-state index is 11.9. The van der Waals surface area contributed by atoms with Gasteiger partial charge in [0.15, 0.2) is 0 Å². The summed E-state index contributed by atoms with van der Waals surface area (Å²) >= 11 is 1.26. The first-order valence-corrected chi connectivity index (χ1v) is 7.42. The van der Waals surface area contributed by atoms with Gasteiger partial charge in [0.05, 0.1) is 22.9 Å². The van der Waals surface area contributed by atoms with E-state index in [9.17, 15) is 9.59 Å². The lowest BCUT2D eigenvalue weighted by molar-refractivity contribution is -0.121. The molecule has 0 atom stereocenters. The number of amides is 2. The number of aliphatic hydroxyl groups is 1. The second-order valence-electron chi connectivity index (χ2n) is 5.42. The summed E-state index contributed by atoms with van der Waals surface area (Å²) < 4.78 is 0. The summed E-state index contributed by atoms with van der Waals surface area (Å²) in [5, 5.41) is 14.0. The molecule has 0 spiro atoms. The van der Waals surface area contributed by atoms with Crippen molar-refractivity contribution in [2.24, 2.45) is 0 Å². The quantitative estimate of drug-likeness (QED) is 0.730. The number of carbonyl (C=O) groups excluding carboxylic acids is 2. The highest BCUT2D eigenvalue weighted by Crippen LogP contribution is 2.15. The molecule has 0 unspecified atom stereocenters. The van der Waals surface area contributed by atoms with Crippen molar-refractivity contribution in [3.8, 4) is 11.8 Å². The van der Waals surface area contributed by atoms with Crippen LogP contribution < -0.4 is 10.6 Å². The molecular weight excluding hydrogens is 288 g/mol. The number of carbonyl (C=O) groups is 2. The minimum atomic E-state index is -0.319. The van der Waals surface area contributed by atoms with Gasteiger partial charge in [-0.2, -0.15) is 0 Å². The molecule has 0 bridgehead atoms. The molecule has 114 valence electrons. The highest BCUT2D eigenvalue weighted by Gasteiger charge is 2.15. The SMILES string of the molecule is CC(C)(C)NC(=O)CNC(=O)c1ccc(C#CCCO)s1. The Bertz CT molecular complexity index is 561. The predicted octanol–water partition coefficient (Wildman–Crippen LogP) is 1.13. The van der Waals surface area contributed by atoms with Crippen LogP contribution in [0, 0.1) is 11.8 Å². The molecule has 1 rings (SSSR count). The molecule has 0 saturated carbocycles. The van der Waals surface area contributed by atoms with Crippen molar-refractivity contribution in [1.29, 1.82) is 0 Å². The van der Waals surface area contributed by atoms with Gasteiger partial charge in [-0.1, -0.05) is 11.8 Å². The smallest absolute Gasteiger partial charge is 0.261 e. The van der Waals surface area contributed by atoms with E-state index < -0.39 is 0 Å². The Morgan fingerprint density at radius 1 is 1.33 bits per heavy atom. The predicted molar refractivity (Wildman–Crippen MR) is 83.1 cm³/mol. The van der Waals surface area contributed by atoms with Crippen LogP contribution in [-0.4, -0.2) is 35.6 Å². The fraction of sp³-hybridized carbons (Fsp3) is 0.467. The molecule has 0 aliphatic heterocycles. The van der Waals surface area contributed by atoms with Gasteiger partial charge >= 0.3 is 0 Å². The summed E-state index contributed by atoms with van der Waals surface area (Å²) in [6.07, 6.45) is 0.409. The second kappa shape index (κ2) is 7.81. The molecule has 21 heavy (non-hydrogen) atoms. The zero-order valence-corrected chi connectivity index (χ0v) is 13.3. The lowest BCUT2D eigenvalue weighted by Crippen LogP contribution is -2.45. The van der Waals surface area contributed by atoms with E-state index in [2.05, 4.69) is 22.5 Å². The van der Waals surface area contributed by atoms with Crippen LogP contribution in [0.1, 0.15) is 41.7 Å². The van der Waals surface area contributed by atoms with Crippen LogP contribution in [0.15, 0.2) is 12.1 Å². The van der Waals surface area contributed by atoms with Crippen LogP contribution in [0.3, 0.4) is 0 Å². The first-order valence-electron chi connectivity index (χ1n) is 6.60. The molecule has 6 heteroatoms. The molecule has 0 radical (unpaired) electrons. The Balaban J connectivity index is 2.50. The number of hydrogen-bond donors (Lipinski definition) is 3. The molecule has 3 N–H and O–H groups in total. The molecule has 0 aliphatic carbocycles. The average molecular weight is 308 g/mol. The van der Waals surface area contributed by atoms with Crippen LogP contribution in [0.4, 0.5) is 0 Å². The number of hydrogen-bond acceptors (Lipinski definition) is 4. The fourth-order valence-electron chi connectivity index (χ4n) is 1.44. The minimum absolute atomic E-state index is 0.0224. The van der Waals surface area contributed by atoms with Crippen LogP contribution in [0.25, 0.3) is 0 Å². The standard InChI is InChI=1S/C15H20N2O3S/c1-15(2,3)17-13(19)10-16-14(20)12-8-7-11(21-12)6-4-5-9-18/h7-8,18H,5,9-10H2,1-3H3,(H,16,20)(H,17,19). The zero-order valence-electron chi connectivity index (χ0n) is 12.4. The molecule has 0 aromatic carbocycles. The molecule has 1 aromatic rings. The lowest BCUT2D eigenvalue weighted by Gasteiger charge is -2.20. The van der Waals surface area contributed by atoms with Crippen molar-refractivity contribution in [2.45, 2.75) is 32.7 Å². The van der Waals surface area contributed by atoms with Crippen LogP contribution in [0.5, 0.6) is 0 Å². The van der Waals surface area contributed by atoms with E-state index in [1.807, 2.05) is 20.8 Å². The first kappa shape index (κ1) is 17.2. The number of thiophene rings is 1. The van der Waals surface area contributed by atoms with E-state index >= 15 is 0 Å². The number of aliphatic hydroxyl groups excluding tert-OH is 1. The lowest BCUT2D eigenvalue weighted by atomic mass is 10.1. The van der Waals surface area contributed by atoms with Gasteiger partial charge in [0, 0.05) is 12.0 Å². The van der Waals surface area contributed by atoms with Crippen molar-refractivity contribution in [3.05, 3.63) is 21.9 Å². The van der Waals surface area contributed by atoms with Crippen molar-refractivity contribution in [2.75, 3.05) is 13.2 Å². The normalized spacial score (nSPS) is 10.5. The molecule has 1 aromatic heterocycles. The van der Waals surface area contributed by atoms with E-state index in [4.69, 9.17) is 5.11 Å². The summed E-state index contributed by atoms with van der Waals surface area (Å²) in [4.78, 5) is 24.8. The molecule has 2 amide bonds. The maximum atomic E-state index is 11.9. The fourth-order valence-corrected chi connectivity index (χ4v) is 2.24. The number of rotatable bonds is 4. The van der Waals surface area contributed by atoms with E-state index in [-0.39, 0.29) is 30.5 Å². The molecular formula is C15H20N2O3S. The Morgan fingerprint density at radius 3 is 2.67 bits per heavy atom. The topological polar surface area (TPSA) is 78.4 Å². The van der Waals surface area contributed by atoms with Gasteiger partial charge in [-0.15, -0.1) is 11.3 Å². The van der Waals surface area contributed by atoms with Gasteiger partial charge in [-0.3, -0.25) is 9.59 Å². The molecule has 0 saturated heterocycles. The van der Waals surface area contributed by atoms with Gasteiger partial charge in [-0.05, 0) is 32.9 Å². The van der Waals surface area contributed by atoms with E-state index in [0.29, 0.717) is 11.3 Å².